The van der Waals surface area contributed by atoms with E-state index in [0.717, 1.165) is 43.0 Å². The van der Waals surface area contributed by atoms with Crippen molar-refractivity contribution in [3.8, 4) is 0 Å². The van der Waals surface area contributed by atoms with Gasteiger partial charge in [-0.2, -0.15) is 11.8 Å². The molecule has 0 radical (unpaired) electrons. The lowest BCUT2D eigenvalue weighted by atomic mass is 9.49. The molecule has 5 fully saturated rings. The van der Waals surface area contributed by atoms with Crippen molar-refractivity contribution < 1.29 is 4.79 Å². The second-order valence-corrected chi connectivity index (χ2v) is 10.9. The molecule has 1 aliphatic heterocycles. The fraction of sp³-hybridized carbons (Fsp3) is 0.750. The number of hydrogen-bond donors (Lipinski definition) is 0. The van der Waals surface area contributed by atoms with Crippen molar-refractivity contribution in [3.63, 3.8) is 0 Å². The molecule has 4 aliphatic carbocycles. The van der Waals surface area contributed by atoms with Crippen LogP contribution in [0.1, 0.15) is 55.1 Å². The molecule has 0 N–H and O–H groups in total. The van der Waals surface area contributed by atoms with Crippen molar-refractivity contribution in [3.05, 3.63) is 22.4 Å². The monoisotopic (exact) mass is 361 g/mol. The molecule has 1 unspecified atom stereocenters. The summed E-state index contributed by atoms with van der Waals surface area (Å²) in [7, 11) is 0. The first-order valence-electron chi connectivity index (χ1n) is 9.66. The van der Waals surface area contributed by atoms with Crippen LogP contribution in [0, 0.1) is 23.2 Å². The fourth-order valence-corrected chi connectivity index (χ4v) is 8.62. The van der Waals surface area contributed by atoms with Crippen LogP contribution in [0.5, 0.6) is 0 Å². The Morgan fingerprint density at radius 2 is 1.79 bits per heavy atom. The van der Waals surface area contributed by atoms with Gasteiger partial charge in [0.1, 0.15) is 0 Å². The molecular formula is C20H27NOS2. The Balaban J connectivity index is 1.31. The number of carbonyl (C=O) groups excluding carboxylic acids is 1. The van der Waals surface area contributed by atoms with Crippen LogP contribution in [0.25, 0.3) is 0 Å². The molecule has 2 nitrogen and oxygen atoms in total. The third kappa shape index (κ3) is 2.65. The standard InChI is InChI=1S/C20H27NOS2/c22-19(20-11-14-8-15(12-20)10-16(9-14)13-20)21-4-3-18(24-7-5-21)17-2-1-6-23-17/h1-2,6,14-16,18H,3-5,7-13H2. The van der Waals surface area contributed by atoms with E-state index in [2.05, 4.69) is 34.2 Å². The lowest BCUT2D eigenvalue weighted by Crippen LogP contribution is -2.54. The summed E-state index contributed by atoms with van der Waals surface area (Å²) >= 11 is 3.93. The van der Waals surface area contributed by atoms with Crippen LogP contribution >= 0.6 is 23.1 Å². The minimum atomic E-state index is 0.0438. The van der Waals surface area contributed by atoms with Gasteiger partial charge in [-0.1, -0.05) is 6.07 Å². The first-order chi connectivity index (χ1) is 11.7. The van der Waals surface area contributed by atoms with Gasteiger partial charge in [0.15, 0.2) is 0 Å². The van der Waals surface area contributed by atoms with Crippen molar-refractivity contribution in [2.45, 2.75) is 50.2 Å². The molecular weight excluding hydrogens is 334 g/mol. The van der Waals surface area contributed by atoms with E-state index >= 15 is 0 Å². The fourth-order valence-electron chi connectivity index (χ4n) is 6.38. The van der Waals surface area contributed by atoms with Crippen LogP contribution in [-0.2, 0) is 4.79 Å². The first kappa shape index (κ1) is 15.7. The summed E-state index contributed by atoms with van der Waals surface area (Å²) in [5.41, 5.74) is 0.0438. The molecule has 1 aromatic heterocycles. The molecule has 130 valence electrons. The second kappa shape index (κ2) is 6.05. The molecule has 4 bridgehead atoms. The van der Waals surface area contributed by atoms with Crippen LogP contribution in [0.3, 0.4) is 0 Å². The van der Waals surface area contributed by atoms with Crippen LogP contribution < -0.4 is 0 Å². The number of amides is 1. The maximum Gasteiger partial charge on any atom is 0.228 e. The van der Waals surface area contributed by atoms with Gasteiger partial charge >= 0.3 is 0 Å². The van der Waals surface area contributed by atoms with Gasteiger partial charge in [0.25, 0.3) is 0 Å². The highest BCUT2D eigenvalue weighted by molar-refractivity contribution is 7.99. The molecule has 2 heterocycles. The first-order valence-corrected chi connectivity index (χ1v) is 11.6. The second-order valence-electron chi connectivity index (χ2n) is 8.65. The van der Waals surface area contributed by atoms with Crippen LogP contribution in [0.2, 0.25) is 0 Å². The molecule has 4 heteroatoms. The zero-order chi connectivity index (χ0) is 16.1. The van der Waals surface area contributed by atoms with E-state index in [1.807, 2.05) is 11.3 Å². The van der Waals surface area contributed by atoms with E-state index in [-0.39, 0.29) is 5.41 Å². The number of hydrogen-bond acceptors (Lipinski definition) is 3. The molecule has 0 aromatic carbocycles. The highest BCUT2D eigenvalue weighted by atomic mass is 32.2. The summed E-state index contributed by atoms with van der Waals surface area (Å²) in [6, 6.07) is 4.42. The third-order valence-electron chi connectivity index (χ3n) is 6.98. The summed E-state index contributed by atoms with van der Waals surface area (Å²) < 4.78 is 0. The highest BCUT2D eigenvalue weighted by Gasteiger charge is 2.55. The van der Waals surface area contributed by atoms with Gasteiger partial charge in [-0.15, -0.1) is 11.3 Å². The lowest BCUT2D eigenvalue weighted by molar-refractivity contribution is -0.157. The average Bonchev–Trinajstić information content (AvgIpc) is 2.98. The predicted molar refractivity (Wildman–Crippen MR) is 101 cm³/mol. The largest absolute Gasteiger partial charge is 0.341 e. The zero-order valence-electron chi connectivity index (χ0n) is 14.3. The number of rotatable bonds is 2. The van der Waals surface area contributed by atoms with Gasteiger partial charge in [0.2, 0.25) is 5.91 Å². The van der Waals surface area contributed by atoms with Gasteiger partial charge in [-0.05, 0) is 74.1 Å². The molecule has 6 rings (SSSR count). The molecule has 1 saturated heterocycles. The van der Waals surface area contributed by atoms with Crippen molar-refractivity contribution in [2.75, 3.05) is 18.8 Å². The maximum atomic E-state index is 13.5. The maximum absolute atomic E-state index is 13.5. The number of thiophene rings is 1. The van der Waals surface area contributed by atoms with Crippen molar-refractivity contribution >= 4 is 29.0 Å². The summed E-state index contributed by atoms with van der Waals surface area (Å²) in [4.78, 5) is 17.3. The average molecular weight is 362 g/mol. The van der Waals surface area contributed by atoms with E-state index in [9.17, 15) is 4.79 Å². The van der Waals surface area contributed by atoms with E-state index < -0.39 is 0 Å². The summed E-state index contributed by atoms with van der Waals surface area (Å²) in [6.45, 7) is 1.93. The van der Waals surface area contributed by atoms with E-state index in [4.69, 9.17) is 0 Å². The van der Waals surface area contributed by atoms with Gasteiger partial charge in [0, 0.05) is 29.0 Å². The van der Waals surface area contributed by atoms with Gasteiger partial charge in [0.05, 0.1) is 5.41 Å². The Kier molecular flexibility index (Phi) is 3.97. The third-order valence-corrected chi connectivity index (χ3v) is 9.43. The van der Waals surface area contributed by atoms with Crippen molar-refractivity contribution in [1.82, 2.24) is 4.90 Å². The number of thioether (sulfide) groups is 1. The minimum Gasteiger partial charge on any atom is -0.341 e. The van der Waals surface area contributed by atoms with E-state index in [1.165, 1.54) is 43.4 Å². The molecule has 4 saturated carbocycles. The van der Waals surface area contributed by atoms with Crippen molar-refractivity contribution in [1.29, 1.82) is 0 Å². The predicted octanol–water partition coefficient (Wildman–Crippen LogP) is 4.97. The summed E-state index contributed by atoms with van der Waals surface area (Å²) in [5, 5.41) is 2.78. The topological polar surface area (TPSA) is 20.3 Å². The quantitative estimate of drug-likeness (QED) is 0.741. The molecule has 1 amide bonds. The van der Waals surface area contributed by atoms with Gasteiger partial charge in [-0.3, -0.25) is 4.79 Å². The minimum absolute atomic E-state index is 0.0438. The lowest BCUT2D eigenvalue weighted by Gasteiger charge is -2.56. The molecule has 0 spiro atoms. The Bertz CT molecular complexity index is 576. The molecule has 1 aromatic rings. The molecule has 1 atom stereocenters. The van der Waals surface area contributed by atoms with Crippen molar-refractivity contribution in [2.24, 2.45) is 23.2 Å². The Morgan fingerprint density at radius 1 is 1.08 bits per heavy atom. The molecule has 24 heavy (non-hydrogen) atoms. The summed E-state index contributed by atoms with van der Waals surface area (Å²) in [6.07, 6.45) is 9.00. The van der Waals surface area contributed by atoms with Crippen LogP contribution in [0.4, 0.5) is 0 Å². The van der Waals surface area contributed by atoms with Crippen LogP contribution in [-0.4, -0.2) is 29.6 Å². The van der Waals surface area contributed by atoms with E-state index in [1.54, 1.807) is 0 Å². The summed E-state index contributed by atoms with van der Waals surface area (Å²) in [5.74, 6) is 4.22. The SMILES string of the molecule is O=C(N1CCSC(c2cccs2)CC1)C12CC3CC(CC(C3)C1)C2. The van der Waals surface area contributed by atoms with E-state index in [0.29, 0.717) is 11.2 Å². The number of carbonyl (C=O) groups is 1. The number of nitrogens with zero attached hydrogens (tertiary/aromatic N) is 1. The Hall–Kier alpha value is -0.480. The molecule has 5 aliphatic rings. The highest BCUT2D eigenvalue weighted by Crippen LogP contribution is 2.60. The van der Waals surface area contributed by atoms with Crippen LogP contribution in [0.15, 0.2) is 17.5 Å². The van der Waals surface area contributed by atoms with Gasteiger partial charge < -0.3 is 4.90 Å². The Labute approximate surface area is 153 Å². The smallest absolute Gasteiger partial charge is 0.228 e. The Morgan fingerprint density at radius 3 is 2.42 bits per heavy atom. The van der Waals surface area contributed by atoms with Gasteiger partial charge in [-0.25, -0.2) is 0 Å². The zero-order valence-corrected chi connectivity index (χ0v) is 15.9. The normalized spacial score (nSPS) is 41.4.